The highest BCUT2D eigenvalue weighted by Gasteiger charge is 2.57. The van der Waals surface area contributed by atoms with E-state index in [4.69, 9.17) is 25.8 Å². The first-order valence-electron chi connectivity index (χ1n) is 13.5. The van der Waals surface area contributed by atoms with Crippen LogP contribution in [0.3, 0.4) is 0 Å². The number of nitrogens with one attached hydrogen (secondary N) is 1. The number of amides is 1. The molecular formula is C29H33ClN6O4. The number of hydrogen-bond acceptors (Lipinski definition) is 9. The SMILES string of the molecule is COCCN1CCN(c2ccc(Nc3ncc(Cl)c(Oc4cccc5c4C(=O)N(C)C54CC4)n3)c(OC)c2)CC1. The Bertz CT molecular complexity index is 1420. The number of carbonyl (C=O) groups is 1. The minimum atomic E-state index is -0.200. The second-order valence-corrected chi connectivity index (χ2v) is 10.8. The van der Waals surface area contributed by atoms with Crippen LogP contribution in [0, 0.1) is 0 Å². The predicted octanol–water partition coefficient (Wildman–Crippen LogP) is 4.52. The number of ether oxygens (including phenoxy) is 3. The Morgan fingerprint density at radius 2 is 1.88 bits per heavy atom. The Balaban J connectivity index is 1.19. The Labute approximate surface area is 238 Å². The maximum atomic E-state index is 13.1. The van der Waals surface area contributed by atoms with E-state index < -0.39 is 0 Å². The molecule has 2 aromatic carbocycles. The van der Waals surface area contributed by atoms with E-state index in [-0.39, 0.29) is 22.3 Å². The first-order valence-corrected chi connectivity index (χ1v) is 13.8. The van der Waals surface area contributed by atoms with Crippen LogP contribution in [0.5, 0.6) is 17.4 Å². The van der Waals surface area contributed by atoms with E-state index in [0.29, 0.717) is 28.7 Å². The van der Waals surface area contributed by atoms with Crippen molar-refractivity contribution in [3.05, 3.63) is 58.7 Å². The Morgan fingerprint density at radius 3 is 2.60 bits per heavy atom. The van der Waals surface area contributed by atoms with Crippen molar-refractivity contribution in [2.24, 2.45) is 0 Å². The summed E-state index contributed by atoms with van der Waals surface area (Å²) in [4.78, 5) is 28.5. The zero-order valence-corrected chi connectivity index (χ0v) is 23.7. The largest absolute Gasteiger partial charge is 0.494 e. The molecule has 3 heterocycles. The molecule has 10 nitrogen and oxygen atoms in total. The summed E-state index contributed by atoms with van der Waals surface area (Å²) in [6.07, 6.45) is 3.40. The van der Waals surface area contributed by atoms with Gasteiger partial charge in [-0.2, -0.15) is 4.98 Å². The van der Waals surface area contributed by atoms with E-state index in [9.17, 15) is 4.79 Å². The molecule has 2 fully saturated rings. The molecule has 1 amide bonds. The molecule has 0 unspecified atom stereocenters. The van der Waals surface area contributed by atoms with Crippen molar-refractivity contribution in [3.63, 3.8) is 0 Å². The highest BCUT2D eigenvalue weighted by molar-refractivity contribution is 6.31. The number of hydrogen-bond donors (Lipinski definition) is 1. The minimum absolute atomic E-state index is 0.0483. The van der Waals surface area contributed by atoms with Gasteiger partial charge in [0.1, 0.15) is 16.5 Å². The second-order valence-electron chi connectivity index (χ2n) is 10.4. The predicted molar refractivity (Wildman–Crippen MR) is 153 cm³/mol. The quantitative estimate of drug-likeness (QED) is 0.403. The maximum absolute atomic E-state index is 13.1. The molecule has 0 radical (unpaired) electrons. The number of carbonyl (C=O) groups excluding carboxylic acids is 1. The summed E-state index contributed by atoms with van der Waals surface area (Å²) in [5.74, 6) is 1.53. The lowest BCUT2D eigenvalue weighted by atomic mass is 10.0. The Kier molecular flexibility index (Phi) is 7.16. The molecule has 1 aliphatic carbocycles. The summed E-state index contributed by atoms with van der Waals surface area (Å²) in [7, 11) is 5.22. The molecule has 6 rings (SSSR count). The van der Waals surface area contributed by atoms with Crippen LogP contribution in [-0.2, 0) is 10.3 Å². The van der Waals surface area contributed by atoms with Gasteiger partial charge in [0.2, 0.25) is 11.8 Å². The summed E-state index contributed by atoms with van der Waals surface area (Å²) >= 11 is 6.42. The maximum Gasteiger partial charge on any atom is 0.258 e. The van der Waals surface area contributed by atoms with Gasteiger partial charge in [-0.1, -0.05) is 23.7 Å². The average molecular weight is 565 g/mol. The second kappa shape index (κ2) is 10.8. The summed E-state index contributed by atoms with van der Waals surface area (Å²) in [6.45, 7) is 5.54. The lowest BCUT2D eigenvalue weighted by Gasteiger charge is -2.36. The van der Waals surface area contributed by atoms with Gasteiger partial charge in [-0.15, -0.1) is 0 Å². The van der Waals surface area contributed by atoms with Gasteiger partial charge >= 0.3 is 0 Å². The van der Waals surface area contributed by atoms with Gasteiger partial charge in [0.25, 0.3) is 5.91 Å². The van der Waals surface area contributed by atoms with Crippen molar-refractivity contribution >= 4 is 34.8 Å². The molecule has 3 aliphatic rings. The van der Waals surface area contributed by atoms with Crippen LogP contribution in [0.15, 0.2) is 42.6 Å². The summed E-state index contributed by atoms with van der Waals surface area (Å²) in [5.41, 5.74) is 3.18. The smallest absolute Gasteiger partial charge is 0.258 e. The van der Waals surface area contributed by atoms with Crippen LogP contribution < -0.4 is 19.7 Å². The van der Waals surface area contributed by atoms with Crippen LogP contribution in [0.2, 0.25) is 5.02 Å². The molecule has 0 atom stereocenters. The van der Waals surface area contributed by atoms with Gasteiger partial charge in [0.15, 0.2) is 0 Å². The molecular weight excluding hydrogens is 532 g/mol. The van der Waals surface area contributed by atoms with Gasteiger partial charge in [0, 0.05) is 58.6 Å². The van der Waals surface area contributed by atoms with E-state index in [1.54, 1.807) is 20.3 Å². The van der Waals surface area contributed by atoms with E-state index in [1.807, 2.05) is 36.2 Å². The lowest BCUT2D eigenvalue weighted by Crippen LogP contribution is -2.47. The van der Waals surface area contributed by atoms with E-state index in [0.717, 1.165) is 63.4 Å². The normalized spacial score (nSPS) is 17.8. The summed E-state index contributed by atoms with van der Waals surface area (Å²) < 4.78 is 17.0. The fourth-order valence-corrected chi connectivity index (χ4v) is 5.76. The molecule has 1 saturated carbocycles. The van der Waals surface area contributed by atoms with Crippen molar-refractivity contribution < 1.29 is 19.0 Å². The Hall–Kier alpha value is -3.60. The first-order chi connectivity index (χ1) is 19.4. The van der Waals surface area contributed by atoms with E-state index >= 15 is 0 Å². The highest BCUT2D eigenvalue weighted by atomic mass is 35.5. The van der Waals surface area contributed by atoms with Gasteiger partial charge in [-0.3, -0.25) is 9.69 Å². The zero-order valence-electron chi connectivity index (χ0n) is 22.9. The molecule has 3 aromatic rings. The number of benzene rings is 2. The standard InChI is InChI=1S/C29H33ClN6O4/c1-34-27(37)25-20(29(34)9-10-29)5-4-6-23(25)40-26-21(30)18-31-28(33-26)32-22-8-7-19(17-24(22)39-3)36-13-11-35(12-14-36)15-16-38-2/h4-8,17-18H,9-16H2,1-3H3,(H,31,32,33). The molecule has 11 heteroatoms. The number of fused-ring (bicyclic) bond motifs is 2. The molecule has 0 bridgehead atoms. The van der Waals surface area contributed by atoms with Gasteiger partial charge in [0.05, 0.1) is 36.7 Å². The van der Waals surface area contributed by atoms with Crippen LogP contribution in [0.1, 0.15) is 28.8 Å². The number of methoxy groups -OCH3 is 2. The van der Waals surface area contributed by atoms with Crippen LogP contribution in [-0.4, -0.2) is 86.3 Å². The number of piperazine rings is 1. The van der Waals surface area contributed by atoms with E-state index in [1.165, 1.54) is 6.20 Å². The van der Waals surface area contributed by atoms with Crippen molar-refractivity contribution in [1.82, 2.24) is 19.8 Å². The average Bonchev–Trinajstić information content (AvgIpc) is 3.76. The number of rotatable bonds is 9. The molecule has 2 aliphatic heterocycles. The van der Waals surface area contributed by atoms with Gasteiger partial charge in [-0.25, -0.2) is 4.98 Å². The van der Waals surface area contributed by atoms with Crippen molar-refractivity contribution in [2.75, 3.05) is 70.8 Å². The zero-order chi connectivity index (χ0) is 27.9. The molecule has 1 saturated heterocycles. The minimum Gasteiger partial charge on any atom is -0.494 e. The third-order valence-corrected chi connectivity index (χ3v) is 8.37. The van der Waals surface area contributed by atoms with Crippen molar-refractivity contribution in [3.8, 4) is 17.4 Å². The third-order valence-electron chi connectivity index (χ3n) is 8.11. The summed E-state index contributed by atoms with van der Waals surface area (Å²) in [6, 6.07) is 11.7. The first kappa shape index (κ1) is 26.6. The van der Waals surface area contributed by atoms with Crippen LogP contribution >= 0.6 is 11.6 Å². The van der Waals surface area contributed by atoms with Crippen molar-refractivity contribution in [2.45, 2.75) is 18.4 Å². The van der Waals surface area contributed by atoms with E-state index in [2.05, 4.69) is 31.2 Å². The molecule has 40 heavy (non-hydrogen) atoms. The fraction of sp³-hybridized carbons (Fsp3) is 0.414. The molecule has 1 aromatic heterocycles. The fourth-order valence-electron chi connectivity index (χ4n) is 5.63. The lowest BCUT2D eigenvalue weighted by molar-refractivity contribution is 0.0753. The number of halogens is 1. The van der Waals surface area contributed by atoms with Gasteiger partial charge < -0.3 is 29.3 Å². The number of nitrogens with zero attached hydrogens (tertiary/aromatic N) is 5. The van der Waals surface area contributed by atoms with Crippen molar-refractivity contribution in [1.29, 1.82) is 0 Å². The number of aromatic nitrogens is 2. The number of anilines is 3. The summed E-state index contributed by atoms with van der Waals surface area (Å²) in [5, 5.41) is 3.47. The van der Waals surface area contributed by atoms with Gasteiger partial charge in [-0.05, 0) is 36.6 Å². The van der Waals surface area contributed by atoms with Crippen LogP contribution in [0.25, 0.3) is 0 Å². The highest BCUT2D eigenvalue weighted by Crippen LogP contribution is 2.57. The monoisotopic (exact) mass is 564 g/mol. The third kappa shape index (κ3) is 4.80. The van der Waals surface area contributed by atoms with Crippen LogP contribution in [0.4, 0.5) is 17.3 Å². The molecule has 210 valence electrons. The topological polar surface area (TPSA) is 92.3 Å². The molecule has 1 spiro atoms. The Morgan fingerprint density at radius 1 is 1.07 bits per heavy atom. The molecule has 1 N–H and O–H groups in total.